The van der Waals surface area contributed by atoms with Gasteiger partial charge in [0.1, 0.15) is 11.9 Å². The second kappa shape index (κ2) is 8.64. The van der Waals surface area contributed by atoms with Crippen molar-refractivity contribution in [2.45, 2.75) is 45.3 Å². The van der Waals surface area contributed by atoms with Gasteiger partial charge in [-0.25, -0.2) is 0 Å². The molecular weight excluding hydrogens is 376 g/mol. The molecule has 2 fully saturated rings. The second-order valence-corrected chi connectivity index (χ2v) is 9.30. The highest BCUT2D eigenvalue weighted by atomic mass is 16.5. The Labute approximate surface area is 179 Å². The smallest absolute Gasteiger partial charge is 0.231 e. The maximum Gasteiger partial charge on any atom is 0.231 e. The van der Waals surface area contributed by atoms with Gasteiger partial charge in [0.05, 0.1) is 17.8 Å². The number of rotatable bonds is 5. The van der Waals surface area contributed by atoms with E-state index in [1.807, 2.05) is 42.6 Å². The van der Waals surface area contributed by atoms with Gasteiger partial charge in [0.2, 0.25) is 5.91 Å². The number of pyridine rings is 1. The normalized spacial score (nSPS) is 18.7. The topological polar surface area (TPSA) is 57.7 Å². The van der Waals surface area contributed by atoms with Crippen molar-refractivity contribution in [3.63, 3.8) is 0 Å². The van der Waals surface area contributed by atoms with Crippen molar-refractivity contribution in [1.29, 1.82) is 0 Å². The Kier molecular flexibility index (Phi) is 5.95. The van der Waals surface area contributed by atoms with E-state index in [4.69, 9.17) is 4.74 Å². The number of ether oxygens (including phenoxy) is 1. The molecule has 0 saturated carbocycles. The van der Waals surface area contributed by atoms with Crippen LogP contribution in [0.15, 0.2) is 48.8 Å². The molecule has 30 heavy (non-hydrogen) atoms. The Morgan fingerprint density at radius 3 is 2.40 bits per heavy atom. The van der Waals surface area contributed by atoms with Crippen LogP contribution in [0, 0.1) is 5.92 Å². The summed E-state index contributed by atoms with van der Waals surface area (Å²) in [6.07, 6.45) is 5.95. The van der Waals surface area contributed by atoms with E-state index in [2.05, 4.69) is 40.9 Å². The lowest BCUT2D eigenvalue weighted by molar-refractivity contribution is -0.120. The lowest BCUT2D eigenvalue weighted by Crippen LogP contribution is -2.52. The Hall–Kier alpha value is -2.60. The molecule has 2 saturated heterocycles. The molecule has 1 amide bonds. The molecule has 0 unspecified atom stereocenters. The molecule has 4 rings (SSSR count). The largest absolute Gasteiger partial charge is 0.490 e. The lowest BCUT2D eigenvalue weighted by atomic mass is 9.98. The molecule has 1 aromatic carbocycles. The summed E-state index contributed by atoms with van der Waals surface area (Å²) < 4.78 is 6.17. The van der Waals surface area contributed by atoms with Crippen molar-refractivity contribution in [1.82, 2.24) is 9.88 Å². The molecule has 2 aliphatic heterocycles. The van der Waals surface area contributed by atoms with E-state index < -0.39 is 0 Å². The van der Waals surface area contributed by atoms with Crippen LogP contribution >= 0.6 is 0 Å². The van der Waals surface area contributed by atoms with Gasteiger partial charge in [-0.3, -0.25) is 14.7 Å². The fourth-order valence-corrected chi connectivity index (χ4v) is 4.09. The van der Waals surface area contributed by atoms with Gasteiger partial charge in [-0.15, -0.1) is 0 Å². The Morgan fingerprint density at radius 2 is 1.80 bits per heavy atom. The van der Waals surface area contributed by atoms with Crippen molar-refractivity contribution >= 4 is 17.3 Å². The van der Waals surface area contributed by atoms with Gasteiger partial charge in [0, 0.05) is 43.6 Å². The molecule has 2 aliphatic rings. The third-order valence-corrected chi connectivity index (χ3v) is 6.08. The summed E-state index contributed by atoms with van der Waals surface area (Å²) in [6.45, 7) is 10.4. The molecule has 3 heterocycles. The van der Waals surface area contributed by atoms with Gasteiger partial charge >= 0.3 is 0 Å². The number of nitrogens with one attached hydrogen (secondary N) is 1. The van der Waals surface area contributed by atoms with Crippen LogP contribution in [0.3, 0.4) is 0 Å². The number of likely N-dealkylation sites (tertiary alicyclic amines) is 1. The van der Waals surface area contributed by atoms with Gasteiger partial charge in [-0.1, -0.05) is 0 Å². The summed E-state index contributed by atoms with van der Waals surface area (Å²) in [6, 6.07) is 11.7. The van der Waals surface area contributed by atoms with Crippen molar-refractivity contribution in [2.75, 3.05) is 36.4 Å². The lowest BCUT2D eigenvalue weighted by Gasteiger charge is -2.40. The minimum atomic E-state index is 0.00846. The fourth-order valence-electron chi connectivity index (χ4n) is 4.09. The number of carbonyl (C=O) groups excluding carboxylic acids is 1. The zero-order chi connectivity index (χ0) is 21.1. The monoisotopic (exact) mass is 408 g/mol. The van der Waals surface area contributed by atoms with E-state index in [1.54, 1.807) is 6.20 Å². The number of benzene rings is 1. The minimum Gasteiger partial charge on any atom is -0.490 e. The third kappa shape index (κ3) is 4.93. The fraction of sp³-hybridized carbons (Fsp3) is 0.500. The summed E-state index contributed by atoms with van der Waals surface area (Å²) in [5.74, 6) is 0.945. The van der Waals surface area contributed by atoms with E-state index in [0.717, 1.165) is 56.1 Å². The highest BCUT2D eigenvalue weighted by molar-refractivity contribution is 5.94. The molecular formula is C24H32N4O2. The molecule has 0 bridgehead atoms. The van der Waals surface area contributed by atoms with Crippen LogP contribution in [-0.4, -0.2) is 53.6 Å². The number of piperidine rings is 1. The van der Waals surface area contributed by atoms with E-state index in [0.29, 0.717) is 0 Å². The number of hydrogen-bond acceptors (Lipinski definition) is 5. The standard InChI is InChI=1S/C24H32N4O2/c1-24(2,3)28-13-10-22(11-14-28)30-21-8-6-19(7-9-21)26-23(29)18-16-27(17-18)20-5-4-12-25-15-20/h4-9,12,15,18,22H,10-11,13-14,16-17H2,1-3H3,(H,26,29). The zero-order valence-corrected chi connectivity index (χ0v) is 18.2. The van der Waals surface area contributed by atoms with Crippen molar-refractivity contribution in [2.24, 2.45) is 5.92 Å². The van der Waals surface area contributed by atoms with E-state index in [1.165, 1.54) is 0 Å². The number of carbonyl (C=O) groups is 1. The number of aromatic nitrogens is 1. The van der Waals surface area contributed by atoms with Crippen LogP contribution in [0.25, 0.3) is 0 Å². The zero-order valence-electron chi connectivity index (χ0n) is 18.2. The van der Waals surface area contributed by atoms with Crippen molar-refractivity contribution in [3.8, 4) is 5.75 Å². The maximum absolute atomic E-state index is 12.5. The molecule has 1 N–H and O–H groups in total. The molecule has 2 aromatic rings. The minimum absolute atomic E-state index is 0.00846. The van der Waals surface area contributed by atoms with Gasteiger partial charge in [-0.05, 0) is 70.0 Å². The average Bonchev–Trinajstić information content (AvgIpc) is 2.69. The van der Waals surface area contributed by atoms with Crippen LogP contribution in [0.5, 0.6) is 5.75 Å². The molecule has 0 radical (unpaired) electrons. The van der Waals surface area contributed by atoms with Gasteiger partial charge < -0.3 is 15.0 Å². The molecule has 6 nitrogen and oxygen atoms in total. The highest BCUT2D eigenvalue weighted by Gasteiger charge is 2.33. The Balaban J connectivity index is 1.22. The Morgan fingerprint density at radius 1 is 1.10 bits per heavy atom. The Bertz CT molecular complexity index is 834. The van der Waals surface area contributed by atoms with E-state index >= 15 is 0 Å². The predicted octanol–water partition coefficient (Wildman–Crippen LogP) is 3.80. The predicted molar refractivity (Wildman–Crippen MR) is 120 cm³/mol. The van der Waals surface area contributed by atoms with E-state index in [9.17, 15) is 4.79 Å². The molecule has 1 aromatic heterocycles. The third-order valence-electron chi connectivity index (χ3n) is 6.08. The molecule has 0 atom stereocenters. The summed E-state index contributed by atoms with van der Waals surface area (Å²) >= 11 is 0. The van der Waals surface area contributed by atoms with Gasteiger partial charge in [-0.2, -0.15) is 0 Å². The number of anilines is 2. The summed E-state index contributed by atoms with van der Waals surface area (Å²) in [7, 11) is 0. The second-order valence-electron chi connectivity index (χ2n) is 9.30. The number of nitrogens with zero attached hydrogens (tertiary/aromatic N) is 3. The van der Waals surface area contributed by atoms with Crippen LogP contribution in [0.2, 0.25) is 0 Å². The molecule has 160 valence electrons. The first-order valence-corrected chi connectivity index (χ1v) is 10.9. The highest BCUT2D eigenvalue weighted by Crippen LogP contribution is 2.26. The molecule has 0 aliphatic carbocycles. The average molecular weight is 409 g/mol. The van der Waals surface area contributed by atoms with Gasteiger partial charge in [0.15, 0.2) is 0 Å². The summed E-state index contributed by atoms with van der Waals surface area (Å²) in [5.41, 5.74) is 2.10. The van der Waals surface area contributed by atoms with Crippen molar-refractivity contribution in [3.05, 3.63) is 48.8 Å². The SMILES string of the molecule is CC(C)(C)N1CCC(Oc2ccc(NC(=O)C3CN(c4cccnc4)C3)cc2)CC1. The van der Waals surface area contributed by atoms with Crippen molar-refractivity contribution < 1.29 is 9.53 Å². The van der Waals surface area contributed by atoms with Gasteiger partial charge in [0.25, 0.3) is 0 Å². The molecule has 6 heteroatoms. The number of amides is 1. The molecule has 0 spiro atoms. The van der Waals surface area contributed by atoms with Crippen LogP contribution in [0.4, 0.5) is 11.4 Å². The first kappa shape index (κ1) is 20.7. The van der Waals surface area contributed by atoms with Crippen LogP contribution < -0.4 is 15.0 Å². The van der Waals surface area contributed by atoms with Crippen LogP contribution in [0.1, 0.15) is 33.6 Å². The summed E-state index contributed by atoms with van der Waals surface area (Å²) in [4.78, 5) is 21.3. The first-order valence-electron chi connectivity index (χ1n) is 10.9. The maximum atomic E-state index is 12.5. The number of hydrogen-bond donors (Lipinski definition) is 1. The van der Waals surface area contributed by atoms with Crippen LogP contribution in [-0.2, 0) is 4.79 Å². The summed E-state index contributed by atoms with van der Waals surface area (Å²) in [5, 5.41) is 3.03. The first-order chi connectivity index (χ1) is 14.4. The quantitative estimate of drug-likeness (QED) is 0.816. The van der Waals surface area contributed by atoms with E-state index in [-0.39, 0.29) is 23.5 Å².